The molecule has 0 bridgehead atoms. The highest BCUT2D eigenvalue weighted by Crippen LogP contribution is 2.28. The molecule has 8 heteroatoms. The molecule has 0 aliphatic carbocycles. The lowest BCUT2D eigenvalue weighted by atomic mass is 10.4. The van der Waals surface area contributed by atoms with Crippen molar-refractivity contribution in [2.45, 2.75) is 12.7 Å². The van der Waals surface area contributed by atoms with Crippen molar-refractivity contribution in [2.24, 2.45) is 0 Å². The summed E-state index contributed by atoms with van der Waals surface area (Å²) in [6, 6.07) is 3.40. The first-order valence-electron chi connectivity index (χ1n) is 4.23. The van der Waals surface area contributed by atoms with Gasteiger partial charge in [0.2, 0.25) is 11.0 Å². The Hall–Kier alpha value is -1.57. The first-order valence-corrected chi connectivity index (χ1v) is 5.00. The van der Waals surface area contributed by atoms with Gasteiger partial charge in [-0.2, -0.15) is 22.5 Å². The van der Waals surface area contributed by atoms with Crippen molar-refractivity contribution in [2.75, 3.05) is 5.32 Å². The van der Waals surface area contributed by atoms with Crippen LogP contribution in [0.5, 0.6) is 0 Å². The average molecular weight is 249 g/mol. The lowest BCUT2D eigenvalue weighted by Crippen LogP contribution is -2.07. The number of halogens is 3. The molecule has 0 saturated carbocycles. The number of rotatable bonds is 3. The van der Waals surface area contributed by atoms with Crippen LogP contribution in [0.15, 0.2) is 22.8 Å². The number of hydrogen-bond donors (Lipinski definition) is 1. The summed E-state index contributed by atoms with van der Waals surface area (Å²) in [5.41, 5.74) is 0. The van der Waals surface area contributed by atoms with Gasteiger partial charge >= 0.3 is 6.18 Å². The highest BCUT2D eigenvalue weighted by Gasteiger charge is 2.36. The van der Waals surface area contributed by atoms with E-state index in [0.29, 0.717) is 17.3 Å². The Labute approximate surface area is 92.3 Å². The number of furan rings is 1. The Morgan fingerprint density at radius 1 is 1.44 bits per heavy atom. The van der Waals surface area contributed by atoms with Crippen LogP contribution in [0.1, 0.15) is 11.6 Å². The topological polar surface area (TPSA) is 51.0 Å². The minimum Gasteiger partial charge on any atom is -0.467 e. The summed E-state index contributed by atoms with van der Waals surface area (Å²) in [7, 11) is 0. The molecule has 0 aromatic carbocycles. The molecule has 1 N–H and O–H groups in total. The molecule has 4 nitrogen and oxygen atoms in total. The van der Waals surface area contributed by atoms with Gasteiger partial charge in [-0.3, -0.25) is 0 Å². The van der Waals surface area contributed by atoms with Crippen LogP contribution < -0.4 is 5.32 Å². The molecule has 0 amide bonds. The molecule has 2 aromatic rings. The van der Waals surface area contributed by atoms with Crippen molar-refractivity contribution in [3.05, 3.63) is 30.0 Å². The van der Waals surface area contributed by atoms with Crippen LogP contribution in [0, 0.1) is 0 Å². The number of hydrogen-bond acceptors (Lipinski definition) is 5. The summed E-state index contributed by atoms with van der Waals surface area (Å²) in [5, 5.41) is 2.81. The summed E-state index contributed by atoms with van der Waals surface area (Å²) < 4.78 is 44.7. The molecule has 0 atom stereocenters. The molecule has 86 valence electrons. The van der Waals surface area contributed by atoms with E-state index in [1.807, 2.05) is 0 Å². The van der Waals surface area contributed by atoms with E-state index in [4.69, 9.17) is 4.42 Å². The Morgan fingerprint density at radius 3 is 2.81 bits per heavy atom. The average Bonchev–Trinajstić information content (AvgIpc) is 2.85. The van der Waals surface area contributed by atoms with Crippen molar-refractivity contribution >= 4 is 16.7 Å². The van der Waals surface area contributed by atoms with Crippen LogP contribution in [-0.4, -0.2) is 9.36 Å². The Morgan fingerprint density at radius 2 is 2.25 bits per heavy atom. The predicted molar refractivity (Wildman–Crippen MR) is 50.9 cm³/mol. The van der Waals surface area contributed by atoms with Gasteiger partial charge in [0.1, 0.15) is 5.76 Å². The van der Waals surface area contributed by atoms with Crippen molar-refractivity contribution in [1.29, 1.82) is 0 Å². The van der Waals surface area contributed by atoms with Gasteiger partial charge in [0.05, 0.1) is 12.8 Å². The number of nitrogens with zero attached hydrogens (tertiary/aromatic N) is 2. The zero-order chi connectivity index (χ0) is 11.6. The van der Waals surface area contributed by atoms with Crippen LogP contribution in [0.4, 0.5) is 18.3 Å². The van der Waals surface area contributed by atoms with Crippen molar-refractivity contribution in [1.82, 2.24) is 9.36 Å². The third kappa shape index (κ3) is 2.51. The van der Waals surface area contributed by atoms with E-state index in [1.165, 1.54) is 6.26 Å². The van der Waals surface area contributed by atoms with Crippen LogP contribution in [0.3, 0.4) is 0 Å². The SMILES string of the molecule is FC(F)(F)c1nsc(NCc2ccco2)n1. The second-order valence-electron chi connectivity index (χ2n) is 2.85. The predicted octanol–water partition coefficient (Wildman–Crippen LogP) is 2.76. The van der Waals surface area contributed by atoms with E-state index in [9.17, 15) is 13.2 Å². The summed E-state index contributed by atoms with van der Waals surface area (Å²) in [6.07, 6.45) is -3.01. The highest BCUT2D eigenvalue weighted by molar-refractivity contribution is 7.09. The molecule has 2 rings (SSSR count). The molecule has 0 spiro atoms. The molecule has 0 radical (unpaired) electrons. The molecule has 0 saturated heterocycles. The molecule has 2 aromatic heterocycles. The van der Waals surface area contributed by atoms with Gasteiger partial charge in [0, 0.05) is 11.5 Å². The van der Waals surface area contributed by atoms with E-state index in [-0.39, 0.29) is 11.7 Å². The van der Waals surface area contributed by atoms with Gasteiger partial charge in [-0.25, -0.2) is 0 Å². The van der Waals surface area contributed by atoms with E-state index >= 15 is 0 Å². The van der Waals surface area contributed by atoms with Gasteiger partial charge in [-0.1, -0.05) is 0 Å². The molecule has 0 aliphatic heterocycles. The molecule has 0 fully saturated rings. The fourth-order valence-electron chi connectivity index (χ4n) is 0.986. The number of alkyl halides is 3. The molecular formula is C8H6F3N3OS. The molecule has 0 aliphatic rings. The Kier molecular flexibility index (Phi) is 2.82. The second-order valence-corrected chi connectivity index (χ2v) is 3.61. The van der Waals surface area contributed by atoms with Gasteiger partial charge in [0.15, 0.2) is 0 Å². The van der Waals surface area contributed by atoms with Crippen LogP contribution >= 0.6 is 11.5 Å². The molecule has 2 heterocycles. The van der Waals surface area contributed by atoms with E-state index in [0.717, 1.165) is 0 Å². The standard InChI is InChI=1S/C8H6F3N3OS/c9-8(10,11)6-13-7(16-14-6)12-4-5-2-1-3-15-5/h1-3H,4H2,(H,12,13,14). The van der Waals surface area contributed by atoms with Gasteiger partial charge < -0.3 is 9.73 Å². The second kappa shape index (κ2) is 4.12. The maximum atomic E-state index is 12.2. The normalized spacial score (nSPS) is 11.7. The summed E-state index contributed by atoms with van der Waals surface area (Å²) in [5.74, 6) is -0.511. The number of aromatic nitrogens is 2. The zero-order valence-electron chi connectivity index (χ0n) is 7.78. The van der Waals surface area contributed by atoms with Gasteiger partial charge in [-0.15, -0.1) is 0 Å². The van der Waals surface area contributed by atoms with Gasteiger partial charge in [-0.05, 0) is 12.1 Å². The van der Waals surface area contributed by atoms with Crippen molar-refractivity contribution < 1.29 is 17.6 Å². The summed E-state index contributed by atoms with van der Waals surface area (Å²) in [4.78, 5) is 3.31. The summed E-state index contributed by atoms with van der Waals surface area (Å²) >= 11 is 0.664. The minimum absolute atomic E-state index is 0.115. The fraction of sp³-hybridized carbons (Fsp3) is 0.250. The van der Waals surface area contributed by atoms with Gasteiger partial charge in [0.25, 0.3) is 0 Å². The monoisotopic (exact) mass is 249 g/mol. The van der Waals surface area contributed by atoms with Crippen LogP contribution in [-0.2, 0) is 12.7 Å². The maximum absolute atomic E-state index is 12.2. The maximum Gasteiger partial charge on any atom is 0.452 e. The number of anilines is 1. The minimum atomic E-state index is -4.50. The third-order valence-corrected chi connectivity index (χ3v) is 2.35. The molecule has 0 unspecified atom stereocenters. The zero-order valence-corrected chi connectivity index (χ0v) is 8.60. The Bertz CT molecular complexity index is 451. The van der Waals surface area contributed by atoms with E-state index in [1.54, 1.807) is 12.1 Å². The van der Waals surface area contributed by atoms with Crippen LogP contribution in [0.25, 0.3) is 0 Å². The lowest BCUT2D eigenvalue weighted by molar-refractivity contribution is -0.144. The van der Waals surface area contributed by atoms with E-state index in [2.05, 4.69) is 14.7 Å². The van der Waals surface area contributed by atoms with Crippen LogP contribution in [0.2, 0.25) is 0 Å². The molecule has 16 heavy (non-hydrogen) atoms. The first kappa shape index (κ1) is 10.9. The van der Waals surface area contributed by atoms with Crippen molar-refractivity contribution in [3.8, 4) is 0 Å². The third-order valence-electron chi connectivity index (χ3n) is 1.67. The summed E-state index contributed by atoms with van der Waals surface area (Å²) in [6.45, 7) is 0.277. The van der Waals surface area contributed by atoms with E-state index < -0.39 is 12.0 Å². The lowest BCUT2D eigenvalue weighted by Gasteiger charge is -1.99. The molecular weight excluding hydrogens is 243 g/mol. The quantitative estimate of drug-likeness (QED) is 0.908. The fourth-order valence-corrected chi connectivity index (χ4v) is 1.57. The highest BCUT2D eigenvalue weighted by atomic mass is 32.1. The first-order chi connectivity index (χ1) is 7.55. The number of nitrogens with one attached hydrogen (secondary N) is 1. The Balaban J connectivity index is 1.98. The smallest absolute Gasteiger partial charge is 0.452 e. The van der Waals surface area contributed by atoms with Crippen molar-refractivity contribution in [3.63, 3.8) is 0 Å². The largest absolute Gasteiger partial charge is 0.467 e.